The fraction of sp³-hybridized carbons (Fsp3) is 0.917. The van der Waals surface area contributed by atoms with Crippen LogP contribution in [0.3, 0.4) is 0 Å². The number of aliphatic imine (C=N–C) groups is 1. The molecule has 3 fully saturated rings. The van der Waals surface area contributed by atoms with Crippen molar-refractivity contribution in [2.45, 2.75) is 31.7 Å². The van der Waals surface area contributed by atoms with E-state index in [1.807, 2.05) is 11.8 Å². The Morgan fingerprint density at radius 2 is 2.00 bits per heavy atom. The lowest BCUT2D eigenvalue weighted by atomic mass is 10.0. The monoisotopic (exact) mass is 222 g/mol. The van der Waals surface area contributed by atoms with Crippen molar-refractivity contribution >= 4 is 16.9 Å². The van der Waals surface area contributed by atoms with Crippen LogP contribution in [-0.2, 0) is 0 Å². The summed E-state index contributed by atoms with van der Waals surface area (Å²) in [7, 11) is 0. The highest BCUT2D eigenvalue weighted by Crippen LogP contribution is 2.65. The quantitative estimate of drug-likeness (QED) is 0.735. The fourth-order valence-corrected chi connectivity index (χ4v) is 5.08. The van der Waals surface area contributed by atoms with Gasteiger partial charge in [0.1, 0.15) is 0 Å². The number of hydrogen-bond donors (Lipinski definition) is 1. The molecule has 15 heavy (non-hydrogen) atoms. The maximum atomic E-state index is 4.58. The lowest BCUT2D eigenvalue weighted by Crippen LogP contribution is -2.29. The molecule has 0 radical (unpaired) electrons. The van der Waals surface area contributed by atoms with E-state index < -0.39 is 0 Å². The minimum atomic E-state index is 0.820. The molecule has 82 valence electrons. The van der Waals surface area contributed by atoms with E-state index in [9.17, 15) is 0 Å². The van der Waals surface area contributed by atoms with Gasteiger partial charge in [-0.25, -0.2) is 0 Å². The first kappa shape index (κ1) is 8.91. The van der Waals surface area contributed by atoms with Gasteiger partial charge in [-0.15, -0.1) is 0 Å². The van der Waals surface area contributed by atoms with Crippen molar-refractivity contribution in [3.8, 4) is 0 Å². The minimum absolute atomic E-state index is 0.820. The summed E-state index contributed by atoms with van der Waals surface area (Å²) in [6, 6.07) is 0.820. The van der Waals surface area contributed by atoms with Crippen LogP contribution in [-0.4, -0.2) is 23.5 Å². The highest BCUT2D eigenvalue weighted by molar-refractivity contribution is 8.13. The van der Waals surface area contributed by atoms with Gasteiger partial charge in [0.25, 0.3) is 0 Å². The molecule has 1 heterocycles. The molecule has 3 saturated carbocycles. The van der Waals surface area contributed by atoms with Crippen LogP contribution in [0, 0.1) is 23.7 Å². The van der Waals surface area contributed by atoms with Crippen molar-refractivity contribution in [3.05, 3.63) is 0 Å². The summed E-state index contributed by atoms with van der Waals surface area (Å²) < 4.78 is 0. The van der Waals surface area contributed by atoms with Gasteiger partial charge in [-0.2, -0.15) is 0 Å². The zero-order valence-electron chi connectivity index (χ0n) is 8.98. The van der Waals surface area contributed by atoms with Gasteiger partial charge < -0.3 is 5.32 Å². The third kappa shape index (κ3) is 1.28. The maximum Gasteiger partial charge on any atom is 0.156 e. The second kappa shape index (κ2) is 3.16. The Kier molecular flexibility index (Phi) is 1.88. The smallest absolute Gasteiger partial charge is 0.156 e. The second-order valence-electron chi connectivity index (χ2n) is 5.55. The molecule has 0 aromatic carbocycles. The average molecular weight is 222 g/mol. The molecule has 3 heteroatoms. The SMILES string of the molecule is C1CN=C(NC2C3C4CCC(C4)C23)SC1. The van der Waals surface area contributed by atoms with Gasteiger partial charge in [-0.05, 0) is 49.4 Å². The zero-order chi connectivity index (χ0) is 9.83. The molecule has 0 spiro atoms. The molecular formula is C12H18N2S. The van der Waals surface area contributed by atoms with Crippen molar-refractivity contribution in [1.29, 1.82) is 0 Å². The molecule has 0 amide bonds. The molecule has 2 nitrogen and oxygen atoms in total. The van der Waals surface area contributed by atoms with Crippen molar-refractivity contribution in [3.63, 3.8) is 0 Å². The molecule has 4 unspecified atom stereocenters. The predicted octanol–water partition coefficient (Wildman–Crippen LogP) is 2.11. The Balaban J connectivity index is 1.43. The second-order valence-corrected chi connectivity index (χ2v) is 6.63. The van der Waals surface area contributed by atoms with E-state index in [1.54, 1.807) is 6.42 Å². The molecule has 1 aliphatic heterocycles. The Bertz CT molecular complexity index is 299. The largest absolute Gasteiger partial charge is 0.362 e. The summed E-state index contributed by atoms with van der Waals surface area (Å²) in [6.45, 7) is 1.05. The molecule has 4 rings (SSSR count). The average Bonchev–Trinajstić information content (AvgIpc) is 2.71. The van der Waals surface area contributed by atoms with Gasteiger partial charge in [0.05, 0.1) is 0 Å². The molecule has 0 aromatic heterocycles. The Morgan fingerprint density at radius 3 is 2.67 bits per heavy atom. The number of thioether (sulfide) groups is 1. The van der Waals surface area contributed by atoms with Crippen LogP contribution in [0.2, 0.25) is 0 Å². The van der Waals surface area contributed by atoms with Crippen LogP contribution in [0.1, 0.15) is 25.7 Å². The van der Waals surface area contributed by atoms with Gasteiger partial charge in [-0.3, -0.25) is 4.99 Å². The number of rotatable bonds is 1. The number of nitrogens with zero attached hydrogens (tertiary/aromatic N) is 1. The minimum Gasteiger partial charge on any atom is -0.362 e. The number of nitrogens with one attached hydrogen (secondary N) is 1. The van der Waals surface area contributed by atoms with E-state index in [4.69, 9.17) is 0 Å². The number of fused-ring (bicyclic) bond motifs is 5. The zero-order valence-corrected chi connectivity index (χ0v) is 9.80. The van der Waals surface area contributed by atoms with Crippen molar-refractivity contribution in [1.82, 2.24) is 5.32 Å². The Morgan fingerprint density at radius 1 is 1.20 bits per heavy atom. The third-order valence-electron chi connectivity index (χ3n) is 4.82. The molecule has 0 aromatic rings. The van der Waals surface area contributed by atoms with E-state index in [-0.39, 0.29) is 0 Å². The molecular weight excluding hydrogens is 204 g/mol. The molecule has 3 aliphatic carbocycles. The fourth-order valence-electron chi connectivity index (χ4n) is 4.21. The van der Waals surface area contributed by atoms with Gasteiger partial charge in [-0.1, -0.05) is 11.8 Å². The van der Waals surface area contributed by atoms with E-state index in [0.29, 0.717) is 0 Å². The summed E-state index contributed by atoms with van der Waals surface area (Å²) in [4.78, 5) is 4.58. The summed E-state index contributed by atoms with van der Waals surface area (Å²) in [6.07, 6.45) is 5.85. The van der Waals surface area contributed by atoms with Crippen molar-refractivity contribution < 1.29 is 0 Å². The summed E-state index contributed by atoms with van der Waals surface area (Å²) >= 11 is 1.93. The van der Waals surface area contributed by atoms with Crippen LogP contribution >= 0.6 is 11.8 Å². The Hall–Kier alpha value is -0.180. The standard InChI is InChI=1S/C12H18N2S/c1-4-13-12(15-5-1)14-11-9-7-2-3-8(6-7)10(9)11/h7-11H,1-6H2,(H,13,14). The van der Waals surface area contributed by atoms with Crippen molar-refractivity contribution in [2.24, 2.45) is 28.7 Å². The maximum absolute atomic E-state index is 4.58. The van der Waals surface area contributed by atoms with Crippen molar-refractivity contribution in [2.75, 3.05) is 12.3 Å². The van der Waals surface area contributed by atoms with E-state index in [2.05, 4.69) is 10.3 Å². The lowest BCUT2D eigenvalue weighted by molar-refractivity contribution is 0.456. The van der Waals surface area contributed by atoms with Gasteiger partial charge in [0.15, 0.2) is 5.17 Å². The Labute approximate surface area is 95.3 Å². The lowest BCUT2D eigenvalue weighted by Gasteiger charge is -2.15. The van der Waals surface area contributed by atoms with E-state index in [0.717, 1.165) is 36.3 Å². The summed E-state index contributed by atoms with van der Waals surface area (Å²) in [5.41, 5.74) is 0. The summed E-state index contributed by atoms with van der Waals surface area (Å²) in [5, 5.41) is 4.96. The van der Waals surface area contributed by atoms with Gasteiger partial charge in [0.2, 0.25) is 0 Å². The van der Waals surface area contributed by atoms with E-state index in [1.165, 1.54) is 30.2 Å². The van der Waals surface area contributed by atoms with Crippen LogP contribution in [0.15, 0.2) is 4.99 Å². The molecule has 0 saturated heterocycles. The normalized spacial score (nSPS) is 51.2. The first-order valence-corrected chi connectivity index (χ1v) is 7.36. The van der Waals surface area contributed by atoms with Gasteiger partial charge in [0, 0.05) is 18.3 Å². The topological polar surface area (TPSA) is 24.4 Å². The molecule has 1 N–H and O–H groups in total. The first-order valence-electron chi connectivity index (χ1n) is 6.37. The molecule has 2 bridgehead atoms. The summed E-state index contributed by atoms with van der Waals surface area (Å²) in [5.74, 6) is 5.49. The first-order chi connectivity index (χ1) is 7.43. The number of amidine groups is 1. The van der Waals surface area contributed by atoms with Crippen LogP contribution in [0.4, 0.5) is 0 Å². The highest BCUT2D eigenvalue weighted by atomic mass is 32.2. The third-order valence-corrected chi connectivity index (χ3v) is 5.84. The van der Waals surface area contributed by atoms with E-state index >= 15 is 0 Å². The predicted molar refractivity (Wildman–Crippen MR) is 64.1 cm³/mol. The van der Waals surface area contributed by atoms with Crippen LogP contribution < -0.4 is 5.32 Å². The van der Waals surface area contributed by atoms with Gasteiger partial charge >= 0.3 is 0 Å². The highest BCUT2D eigenvalue weighted by Gasteiger charge is 2.65. The molecule has 4 aliphatic rings. The van der Waals surface area contributed by atoms with Crippen LogP contribution in [0.25, 0.3) is 0 Å². The van der Waals surface area contributed by atoms with Crippen LogP contribution in [0.5, 0.6) is 0 Å². The number of hydrogen-bond acceptors (Lipinski definition) is 3. The molecule has 4 atom stereocenters.